The standard InChI is InChI=1S/C19H37NO/c1-5-16-8-7-9-17(14-16)18(20-4)19(21-6-2)12-10-15(3)11-13-19/h15-18,20H,5-14H2,1-4H3. The van der Waals surface area contributed by atoms with Gasteiger partial charge in [0.1, 0.15) is 0 Å². The molecule has 2 nitrogen and oxygen atoms in total. The molecule has 0 spiro atoms. The van der Waals surface area contributed by atoms with Crippen molar-refractivity contribution >= 4 is 0 Å². The fourth-order valence-corrected chi connectivity index (χ4v) is 5.02. The molecule has 2 aliphatic carbocycles. The zero-order chi connectivity index (χ0) is 15.3. The molecule has 124 valence electrons. The highest BCUT2D eigenvalue weighted by molar-refractivity contribution is 5.00. The summed E-state index contributed by atoms with van der Waals surface area (Å²) in [7, 11) is 2.17. The molecule has 0 heterocycles. The molecule has 0 radical (unpaired) electrons. The third kappa shape index (κ3) is 4.01. The summed E-state index contributed by atoms with van der Waals surface area (Å²) < 4.78 is 6.43. The molecule has 0 aromatic carbocycles. The van der Waals surface area contributed by atoms with E-state index in [-0.39, 0.29) is 5.60 Å². The van der Waals surface area contributed by atoms with Crippen molar-refractivity contribution in [3.8, 4) is 0 Å². The van der Waals surface area contributed by atoms with Gasteiger partial charge in [-0.3, -0.25) is 0 Å². The molecule has 3 unspecified atom stereocenters. The number of hydrogen-bond acceptors (Lipinski definition) is 2. The first kappa shape index (κ1) is 17.3. The number of rotatable bonds is 6. The Kier molecular flexibility index (Phi) is 6.55. The van der Waals surface area contributed by atoms with Gasteiger partial charge < -0.3 is 10.1 Å². The van der Waals surface area contributed by atoms with E-state index in [1.54, 1.807) is 0 Å². The second kappa shape index (κ2) is 7.97. The number of ether oxygens (including phenoxy) is 1. The normalized spacial score (nSPS) is 39.1. The summed E-state index contributed by atoms with van der Waals surface area (Å²) in [4.78, 5) is 0. The van der Waals surface area contributed by atoms with Crippen molar-refractivity contribution in [1.82, 2.24) is 5.32 Å². The second-order valence-corrected chi connectivity index (χ2v) is 7.65. The van der Waals surface area contributed by atoms with Crippen LogP contribution in [0.1, 0.15) is 78.6 Å². The third-order valence-electron chi connectivity index (χ3n) is 6.30. The minimum Gasteiger partial charge on any atom is -0.374 e. The largest absolute Gasteiger partial charge is 0.374 e. The van der Waals surface area contributed by atoms with E-state index in [2.05, 4.69) is 33.1 Å². The Labute approximate surface area is 132 Å². The average molecular weight is 296 g/mol. The van der Waals surface area contributed by atoms with Crippen LogP contribution in [-0.4, -0.2) is 25.3 Å². The molecule has 0 bridgehead atoms. The first-order valence-corrected chi connectivity index (χ1v) is 9.46. The second-order valence-electron chi connectivity index (χ2n) is 7.65. The van der Waals surface area contributed by atoms with Gasteiger partial charge in [-0.2, -0.15) is 0 Å². The highest BCUT2D eigenvalue weighted by Crippen LogP contribution is 2.43. The Bertz CT molecular complexity index is 296. The van der Waals surface area contributed by atoms with E-state index >= 15 is 0 Å². The average Bonchev–Trinajstić information content (AvgIpc) is 2.51. The minimum absolute atomic E-state index is 0.107. The number of nitrogens with one attached hydrogen (secondary N) is 1. The molecule has 0 amide bonds. The van der Waals surface area contributed by atoms with E-state index in [1.807, 2.05) is 0 Å². The van der Waals surface area contributed by atoms with Crippen LogP contribution in [0.5, 0.6) is 0 Å². The molecule has 0 aliphatic heterocycles. The summed E-state index contributed by atoms with van der Waals surface area (Å²) in [5, 5.41) is 3.70. The summed E-state index contributed by atoms with van der Waals surface area (Å²) in [5.41, 5.74) is 0.107. The van der Waals surface area contributed by atoms with Gasteiger partial charge in [-0.25, -0.2) is 0 Å². The molecule has 0 saturated heterocycles. The van der Waals surface area contributed by atoms with Crippen LogP contribution >= 0.6 is 0 Å². The minimum atomic E-state index is 0.107. The lowest BCUT2D eigenvalue weighted by molar-refractivity contribution is -0.111. The van der Waals surface area contributed by atoms with Crippen LogP contribution in [0.3, 0.4) is 0 Å². The molecule has 2 aliphatic rings. The van der Waals surface area contributed by atoms with Gasteiger partial charge in [0.25, 0.3) is 0 Å². The van der Waals surface area contributed by atoms with Gasteiger partial charge in [-0.15, -0.1) is 0 Å². The van der Waals surface area contributed by atoms with Crippen LogP contribution in [0.25, 0.3) is 0 Å². The molecule has 2 fully saturated rings. The van der Waals surface area contributed by atoms with E-state index in [1.165, 1.54) is 57.8 Å². The van der Waals surface area contributed by atoms with Crippen molar-refractivity contribution in [2.24, 2.45) is 17.8 Å². The summed E-state index contributed by atoms with van der Waals surface area (Å²) in [6.45, 7) is 7.79. The van der Waals surface area contributed by atoms with Crippen molar-refractivity contribution in [3.63, 3.8) is 0 Å². The van der Waals surface area contributed by atoms with Crippen LogP contribution in [0.2, 0.25) is 0 Å². The van der Waals surface area contributed by atoms with Gasteiger partial charge in [0.05, 0.1) is 5.60 Å². The molecule has 2 saturated carbocycles. The summed E-state index contributed by atoms with van der Waals surface area (Å²) in [6, 6.07) is 0.555. The van der Waals surface area contributed by atoms with E-state index in [9.17, 15) is 0 Å². The molecular formula is C19H37NO. The maximum Gasteiger partial charge on any atom is 0.0837 e. The Morgan fingerprint density at radius 3 is 2.43 bits per heavy atom. The molecule has 2 heteroatoms. The van der Waals surface area contributed by atoms with Crippen molar-refractivity contribution in [3.05, 3.63) is 0 Å². The number of hydrogen-bond donors (Lipinski definition) is 1. The SMILES string of the molecule is CCOC1(C(NC)C2CCCC(CC)C2)CCC(C)CC1. The maximum absolute atomic E-state index is 6.43. The first-order chi connectivity index (χ1) is 10.1. The topological polar surface area (TPSA) is 21.3 Å². The zero-order valence-electron chi connectivity index (χ0n) is 14.8. The predicted molar refractivity (Wildman–Crippen MR) is 90.6 cm³/mol. The van der Waals surface area contributed by atoms with Gasteiger partial charge in [-0.1, -0.05) is 33.1 Å². The third-order valence-corrected chi connectivity index (χ3v) is 6.30. The molecule has 1 N–H and O–H groups in total. The van der Waals surface area contributed by atoms with Gasteiger partial charge in [0.15, 0.2) is 0 Å². The first-order valence-electron chi connectivity index (χ1n) is 9.46. The van der Waals surface area contributed by atoms with Crippen LogP contribution in [0.4, 0.5) is 0 Å². The van der Waals surface area contributed by atoms with E-state index in [0.717, 1.165) is 24.4 Å². The van der Waals surface area contributed by atoms with Crippen molar-refractivity contribution in [1.29, 1.82) is 0 Å². The van der Waals surface area contributed by atoms with Gasteiger partial charge >= 0.3 is 0 Å². The lowest BCUT2D eigenvalue weighted by atomic mass is 9.67. The Hall–Kier alpha value is -0.0800. The van der Waals surface area contributed by atoms with Crippen LogP contribution in [0.15, 0.2) is 0 Å². The molecule has 21 heavy (non-hydrogen) atoms. The van der Waals surface area contributed by atoms with Crippen molar-refractivity contribution in [2.45, 2.75) is 90.2 Å². The van der Waals surface area contributed by atoms with Crippen molar-refractivity contribution in [2.75, 3.05) is 13.7 Å². The fourth-order valence-electron chi connectivity index (χ4n) is 5.02. The molecular weight excluding hydrogens is 258 g/mol. The monoisotopic (exact) mass is 295 g/mol. The van der Waals surface area contributed by atoms with Gasteiger partial charge in [-0.05, 0) is 70.3 Å². The molecule has 0 aromatic rings. The Balaban J connectivity index is 2.11. The van der Waals surface area contributed by atoms with E-state index in [0.29, 0.717) is 6.04 Å². The summed E-state index contributed by atoms with van der Waals surface area (Å²) in [5.74, 6) is 2.64. The van der Waals surface area contributed by atoms with Gasteiger partial charge in [0, 0.05) is 12.6 Å². The fraction of sp³-hybridized carbons (Fsp3) is 1.00. The zero-order valence-corrected chi connectivity index (χ0v) is 14.8. The smallest absolute Gasteiger partial charge is 0.0837 e. The van der Waals surface area contributed by atoms with Crippen LogP contribution < -0.4 is 5.32 Å². The van der Waals surface area contributed by atoms with Crippen LogP contribution in [-0.2, 0) is 4.74 Å². The molecule has 0 aromatic heterocycles. The van der Waals surface area contributed by atoms with Crippen LogP contribution in [0, 0.1) is 17.8 Å². The Morgan fingerprint density at radius 1 is 1.14 bits per heavy atom. The lowest BCUT2D eigenvalue weighted by Gasteiger charge is -2.49. The van der Waals surface area contributed by atoms with Crippen molar-refractivity contribution < 1.29 is 4.74 Å². The maximum atomic E-state index is 6.43. The highest BCUT2D eigenvalue weighted by atomic mass is 16.5. The molecule has 3 atom stereocenters. The highest BCUT2D eigenvalue weighted by Gasteiger charge is 2.45. The predicted octanol–water partition coefficient (Wildman–Crippen LogP) is 4.78. The lowest BCUT2D eigenvalue weighted by Crippen LogP contribution is -2.57. The quantitative estimate of drug-likeness (QED) is 0.761. The van der Waals surface area contributed by atoms with E-state index in [4.69, 9.17) is 4.74 Å². The number of likely N-dealkylation sites (N-methyl/N-ethyl adjacent to an activating group) is 1. The molecule has 2 rings (SSSR count). The van der Waals surface area contributed by atoms with Gasteiger partial charge in [0.2, 0.25) is 0 Å². The summed E-state index contributed by atoms with van der Waals surface area (Å²) in [6.07, 6.45) is 12.2. The Morgan fingerprint density at radius 2 is 1.86 bits per heavy atom. The summed E-state index contributed by atoms with van der Waals surface area (Å²) >= 11 is 0. The van der Waals surface area contributed by atoms with E-state index < -0.39 is 0 Å².